The molecule has 152 valence electrons. The summed E-state index contributed by atoms with van der Waals surface area (Å²) >= 11 is 0. The molecule has 0 atom stereocenters. The van der Waals surface area contributed by atoms with Gasteiger partial charge in [-0.1, -0.05) is 18.2 Å². The average molecular weight is 386 g/mol. The molecule has 3 rings (SSSR count). The third kappa shape index (κ3) is 6.56. The molecule has 1 aliphatic rings. The summed E-state index contributed by atoms with van der Waals surface area (Å²) < 4.78 is 22.5. The minimum Gasteiger partial charge on any atom is -0.377 e. The van der Waals surface area contributed by atoms with Gasteiger partial charge in [-0.3, -0.25) is 4.98 Å². The van der Waals surface area contributed by atoms with Crippen molar-refractivity contribution >= 4 is 5.69 Å². The van der Waals surface area contributed by atoms with Crippen LogP contribution in [0.4, 0.5) is 5.69 Å². The number of hydrogen-bond donors (Lipinski definition) is 0. The first-order valence-corrected chi connectivity index (χ1v) is 9.92. The Labute approximate surface area is 167 Å². The molecular weight excluding hydrogens is 356 g/mol. The Morgan fingerprint density at radius 2 is 1.36 bits per heavy atom. The number of nitrogens with zero attached hydrogens (tertiary/aromatic N) is 2. The van der Waals surface area contributed by atoms with Crippen molar-refractivity contribution in [2.45, 2.75) is 6.92 Å². The maximum absolute atomic E-state index is 5.76. The third-order valence-electron chi connectivity index (χ3n) is 4.64. The van der Waals surface area contributed by atoms with Crippen LogP contribution < -0.4 is 4.90 Å². The average Bonchev–Trinajstić information content (AvgIpc) is 2.74. The molecule has 0 N–H and O–H groups in total. The largest absolute Gasteiger partial charge is 0.377 e. The molecule has 0 amide bonds. The Morgan fingerprint density at radius 1 is 0.750 bits per heavy atom. The number of ether oxygens (including phenoxy) is 4. The lowest BCUT2D eigenvalue weighted by atomic mass is 10.1. The summed E-state index contributed by atoms with van der Waals surface area (Å²) in [5.41, 5.74) is 4.50. The van der Waals surface area contributed by atoms with Crippen molar-refractivity contribution in [3.63, 3.8) is 0 Å². The van der Waals surface area contributed by atoms with Gasteiger partial charge in [-0.25, -0.2) is 0 Å². The summed E-state index contributed by atoms with van der Waals surface area (Å²) in [6, 6.07) is 12.5. The smallest absolute Gasteiger partial charge is 0.0702 e. The van der Waals surface area contributed by atoms with Crippen molar-refractivity contribution in [1.29, 1.82) is 0 Å². The normalized spacial score (nSPS) is 18.2. The van der Waals surface area contributed by atoms with Crippen LogP contribution in [-0.2, 0) is 18.9 Å². The van der Waals surface area contributed by atoms with Gasteiger partial charge < -0.3 is 23.8 Å². The number of pyridine rings is 1. The summed E-state index contributed by atoms with van der Waals surface area (Å²) in [5.74, 6) is 0. The topological polar surface area (TPSA) is 53.1 Å². The molecule has 0 saturated carbocycles. The number of hydrogen-bond acceptors (Lipinski definition) is 6. The van der Waals surface area contributed by atoms with Gasteiger partial charge in [0, 0.05) is 30.5 Å². The van der Waals surface area contributed by atoms with Gasteiger partial charge in [0.2, 0.25) is 0 Å². The van der Waals surface area contributed by atoms with Crippen LogP contribution in [0.1, 0.15) is 5.56 Å². The Balaban J connectivity index is 1.71. The van der Waals surface area contributed by atoms with Crippen LogP contribution in [0.5, 0.6) is 0 Å². The van der Waals surface area contributed by atoms with Crippen molar-refractivity contribution in [2.75, 3.05) is 70.8 Å². The van der Waals surface area contributed by atoms with Gasteiger partial charge in [-0.15, -0.1) is 0 Å². The number of anilines is 1. The third-order valence-corrected chi connectivity index (χ3v) is 4.64. The van der Waals surface area contributed by atoms with Gasteiger partial charge in [0.05, 0.1) is 58.5 Å². The van der Waals surface area contributed by atoms with Gasteiger partial charge in [-0.05, 0) is 30.7 Å². The minimum absolute atomic E-state index is 0.591. The van der Waals surface area contributed by atoms with E-state index in [-0.39, 0.29) is 0 Å². The first-order valence-electron chi connectivity index (χ1n) is 9.92. The van der Waals surface area contributed by atoms with E-state index in [4.69, 9.17) is 18.9 Å². The van der Waals surface area contributed by atoms with E-state index in [0.29, 0.717) is 52.9 Å². The quantitative estimate of drug-likeness (QED) is 0.791. The van der Waals surface area contributed by atoms with E-state index in [9.17, 15) is 0 Å². The molecule has 1 fully saturated rings. The van der Waals surface area contributed by atoms with Crippen LogP contribution in [-0.4, -0.2) is 70.9 Å². The van der Waals surface area contributed by atoms with Crippen LogP contribution >= 0.6 is 0 Å². The van der Waals surface area contributed by atoms with Crippen molar-refractivity contribution in [3.8, 4) is 11.3 Å². The highest BCUT2D eigenvalue weighted by Gasteiger charge is 2.12. The zero-order chi connectivity index (χ0) is 19.4. The second-order valence-corrected chi connectivity index (χ2v) is 6.65. The van der Waals surface area contributed by atoms with Crippen LogP contribution in [0.25, 0.3) is 11.3 Å². The zero-order valence-electron chi connectivity index (χ0n) is 16.6. The van der Waals surface area contributed by atoms with E-state index < -0.39 is 0 Å². The van der Waals surface area contributed by atoms with Gasteiger partial charge in [0.25, 0.3) is 0 Å². The number of rotatable bonds is 2. The molecule has 1 saturated heterocycles. The van der Waals surface area contributed by atoms with Crippen LogP contribution in [0.2, 0.25) is 0 Å². The highest BCUT2D eigenvalue weighted by molar-refractivity contribution is 5.68. The molecule has 2 aromatic rings. The SMILES string of the molecule is Cc1ccc(-c2ccccn2)cc1N1CCOCCOCCOCCOCC1. The maximum Gasteiger partial charge on any atom is 0.0702 e. The Hall–Kier alpha value is -1.99. The number of aromatic nitrogens is 1. The van der Waals surface area contributed by atoms with E-state index in [2.05, 4.69) is 35.0 Å². The summed E-state index contributed by atoms with van der Waals surface area (Å²) in [7, 11) is 0. The highest BCUT2D eigenvalue weighted by atomic mass is 16.6. The minimum atomic E-state index is 0.591. The lowest BCUT2D eigenvalue weighted by Gasteiger charge is -2.27. The predicted molar refractivity (Wildman–Crippen MR) is 110 cm³/mol. The molecule has 0 radical (unpaired) electrons. The van der Waals surface area contributed by atoms with Gasteiger partial charge in [0.15, 0.2) is 0 Å². The number of benzene rings is 1. The molecule has 0 bridgehead atoms. The van der Waals surface area contributed by atoms with Crippen molar-refractivity contribution in [2.24, 2.45) is 0 Å². The monoisotopic (exact) mass is 386 g/mol. The molecule has 6 heteroatoms. The molecule has 6 nitrogen and oxygen atoms in total. The van der Waals surface area contributed by atoms with Crippen LogP contribution in [0.15, 0.2) is 42.6 Å². The van der Waals surface area contributed by atoms with Gasteiger partial charge in [-0.2, -0.15) is 0 Å². The molecule has 0 aliphatic carbocycles. The first-order chi connectivity index (χ1) is 13.8. The number of aryl methyl sites for hydroxylation is 1. The Kier molecular flexibility index (Phi) is 8.71. The molecule has 1 aliphatic heterocycles. The fourth-order valence-corrected chi connectivity index (χ4v) is 3.11. The molecule has 2 heterocycles. The molecular formula is C22H30N2O4. The van der Waals surface area contributed by atoms with Crippen molar-refractivity contribution in [1.82, 2.24) is 4.98 Å². The lowest BCUT2D eigenvalue weighted by molar-refractivity contribution is 0.00206. The highest BCUT2D eigenvalue weighted by Crippen LogP contribution is 2.27. The second-order valence-electron chi connectivity index (χ2n) is 6.65. The van der Waals surface area contributed by atoms with Crippen molar-refractivity contribution in [3.05, 3.63) is 48.2 Å². The van der Waals surface area contributed by atoms with Gasteiger partial charge >= 0.3 is 0 Å². The molecule has 28 heavy (non-hydrogen) atoms. The van der Waals surface area contributed by atoms with Crippen LogP contribution in [0, 0.1) is 6.92 Å². The predicted octanol–water partition coefficient (Wildman–Crippen LogP) is 2.94. The summed E-state index contributed by atoms with van der Waals surface area (Å²) in [6.07, 6.45) is 1.82. The molecule has 0 unspecified atom stereocenters. The maximum atomic E-state index is 5.76. The van der Waals surface area contributed by atoms with E-state index in [1.807, 2.05) is 24.4 Å². The van der Waals surface area contributed by atoms with E-state index in [1.165, 1.54) is 11.3 Å². The lowest BCUT2D eigenvalue weighted by Crippen LogP contribution is -2.32. The first kappa shape index (κ1) is 20.7. The van der Waals surface area contributed by atoms with E-state index >= 15 is 0 Å². The molecule has 0 spiro atoms. The van der Waals surface area contributed by atoms with Crippen LogP contribution in [0.3, 0.4) is 0 Å². The Bertz CT molecular complexity index is 680. The van der Waals surface area contributed by atoms with E-state index in [1.54, 1.807) is 0 Å². The van der Waals surface area contributed by atoms with E-state index in [0.717, 1.165) is 24.3 Å². The second kappa shape index (κ2) is 11.8. The summed E-state index contributed by atoms with van der Waals surface area (Å²) in [5, 5.41) is 0. The van der Waals surface area contributed by atoms with Crippen molar-refractivity contribution < 1.29 is 18.9 Å². The summed E-state index contributed by atoms with van der Waals surface area (Å²) in [6.45, 7) is 8.58. The fourth-order valence-electron chi connectivity index (χ4n) is 3.11. The Morgan fingerprint density at radius 3 is 1.93 bits per heavy atom. The fraction of sp³-hybridized carbons (Fsp3) is 0.500. The molecule has 1 aromatic carbocycles. The molecule has 1 aromatic heterocycles. The van der Waals surface area contributed by atoms with Gasteiger partial charge in [0.1, 0.15) is 0 Å². The summed E-state index contributed by atoms with van der Waals surface area (Å²) in [4.78, 5) is 6.80. The standard InChI is InChI=1S/C22H30N2O4/c1-19-5-6-20(21-4-2-3-7-23-21)18-22(19)24-8-10-25-12-14-27-16-17-28-15-13-26-11-9-24/h2-7,18H,8-17H2,1H3. The zero-order valence-corrected chi connectivity index (χ0v) is 16.6.